The average molecular weight is 264 g/mol. The molecule has 1 aliphatic heterocycles. The molecule has 0 aromatic heterocycles. The van der Waals surface area contributed by atoms with Gasteiger partial charge in [-0.05, 0) is 18.6 Å². The van der Waals surface area contributed by atoms with E-state index in [1.165, 1.54) is 0 Å². The van der Waals surface area contributed by atoms with E-state index in [1.807, 2.05) is 25.1 Å². The third-order valence-corrected chi connectivity index (χ3v) is 3.66. The summed E-state index contributed by atoms with van der Waals surface area (Å²) in [4.78, 5) is 11.9. The summed E-state index contributed by atoms with van der Waals surface area (Å²) in [6.07, 6.45) is 0.509. The maximum absolute atomic E-state index is 11.9. The molecule has 2 atom stereocenters. The summed E-state index contributed by atoms with van der Waals surface area (Å²) in [5.41, 5.74) is 6.23. The lowest BCUT2D eigenvalue weighted by atomic mass is 9.96. The van der Waals surface area contributed by atoms with E-state index in [2.05, 4.69) is 5.32 Å². The number of hydrogen-bond acceptors (Lipinski definition) is 4. The Bertz CT molecular complexity index is 464. The van der Waals surface area contributed by atoms with Gasteiger partial charge in [-0.25, -0.2) is 0 Å². The summed E-state index contributed by atoms with van der Waals surface area (Å²) in [7, 11) is 0. The van der Waals surface area contributed by atoms with E-state index in [0.29, 0.717) is 18.7 Å². The largest absolute Gasteiger partial charge is 0.398 e. The molecule has 2 rings (SSSR count). The highest BCUT2D eigenvalue weighted by atomic mass is 16.5. The Balaban J connectivity index is 1.87. The highest BCUT2D eigenvalue weighted by molar-refractivity contribution is 5.80. The predicted molar refractivity (Wildman–Crippen MR) is 72.5 cm³/mol. The van der Waals surface area contributed by atoms with Crippen LogP contribution >= 0.6 is 0 Å². The molecule has 19 heavy (non-hydrogen) atoms. The van der Waals surface area contributed by atoms with Crippen molar-refractivity contribution in [1.29, 1.82) is 0 Å². The lowest BCUT2D eigenvalue weighted by Crippen LogP contribution is -2.47. The summed E-state index contributed by atoms with van der Waals surface area (Å²) in [6.45, 7) is 2.55. The van der Waals surface area contributed by atoms with Gasteiger partial charge < -0.3 is 20.9 Å². The van der Waals surface area contributed by atoms with Crippen LogP contribution in [-0.4, -0.2) is 35.9 Å². The molecule has 0 saturated carbocycles. The Hall–Kier alpha value is -1.59. The number of nitrogen functional groups attached to an aromatic ring is 1. The number of amides is 1. The fraction of sp³-hybridized carbons (Fsp3) is 0.500. The molecule has 5 nitrogen and oxygen atoms in total. The van der Waals surface area contributed by atoms with Crippen LogP contribution in [0.15, 0.2) is 24.3 Å². The van der Waals surface area contributed by atoms with Crippen LogP contribution in [0.1, 0.15) is 18.9 Å². The van der Waals surface area contributed by atoms with Crippen molar-refractivity contribution < 1.29 is 14.6 Å². The first-order chi connectivity index (χ1) is 9.01. The minimum Gasteiger partial charge on any atom is -0.398 e. The zero-order valence-electron chi connectivity index (χ0n) is 11.1. The molecule has 0 bridgehead atoms. The number of nitrogens with two attached hydrogens (primary N) is 1. The van der Waals surface area contributed by atoms with Crippen molar-refractivity contribution in [2.75, 3.05) is 18.9 Å². The minimum absolute atomic E-state index is 0.148. The van der Waals surface area contributed by atoms with Gasteiger partial charge in [0.2, 0.25) is 5.91 Å². The molecule has 2 unspecified atom stereocenters. The van der Waals surface area contributed by atoms with Gasteiger partial charge in [0, 0.05) is 25.3 Å². The van der Waals surface area contributed by atoms with E-state index >= 15 is 0 Å². The predicted octanol–water partition coefficient (Wildman–Crippen LogP) is 0.467. The second-order valence-electron chi connectivity index (χ2n) is 5.02. The number of benzene rings is 1. The molecule has 0 aliphatic carbocycles. The lowest BCUT2D eigenvalue weighted by molar-refractivity contribution is -0.122. The maximum Gasteiger partial charge on any atom is 0.224 e. The van der Waals surface area contributed by atoms with E-state index < -0.39 is 5.60 Å². The first-order valence-corrected chi connectivity index (χ1v) is 6.45. The number of anilines is 1. The number of rotatable bonds is 4. The minimum atomic E-state index is -0.960. The van der Waals surface area contributed by atoms with Crippen LogP contribution in [0, 0.1) is 0 Å². The van der Waals surface area contributed by atoms with Crippen molar-refractivity contribution in [2.24, 2.45) is 0 Å². The fourth-order valence-electron chi connectivity index (χ4n) is 2.19. The van der Waals surface area contributed by atoms with Crippen LogP contribution in [0.2, 0.25) is 0 Å². The molecule has 1 fully saturated rings. The third-order valence-electron chi connectivity index (χ3n) is 3.66. The summed E-state index contributed by atoms with van der Waals surface area (Å²) in [5.74, 6) is -0.148. The highest BCUT2D eigenvalue weighted by Crippen LogP contribution is 2.24. The number of aliphatic hydroxyl groups is 1. The van der Waals surface area contributed by atoms with Gasteiger partial charge in [-0.15, -0.1) is 0 Å². The van der Waals surface area contributed by atoms with Gasteiger partial charge in [0.25, 0.3) is 0 Å². The van der Waals surface area contributed by atoms with E-state index in [-0.39, 0.29) is 25.0 Å². The van der Waals surface area contributed by atoms with Crippen molar-refractivity contribution in [3.05, 3.63) is 29.8 Å². The van der Waals surface area contributed by atoms with Crippen LogP contribution in [0.5, 0.6) is 0 Å². The molecule has 1 saturated heterocycles. The van der Waals surface area contributed by atoms with Gasteiger partial charge in [0.1, 0.15) is 5.60 Å². The Morgan fingerprint density at radius 2 is 2.32 bits per heavy atom. The maximum atomic E-state index is 11.9. The van der Waals surface area contributed by atoms with Gasteiger partial charge in [0.15, 0.2) is 0 Å². The van der Waals surface area contributed by atoms with E-state index in [0.717, 1.165) is 5.56 Å². The Morgan fingerprint density at radius 1 is 1.58 bits per heavy atom. The molecule has 1 aromatic rings. The number of para-hydroxylation sites is 1. The standard InChI is InChI=1S/C14H20N2O3/c1-10-14(18,6-7-19-10)9-16-13(17)8-11-4-2-3-5-12(11)15/h2-5,10,18H,6-9,15H2,1H3,(H,16,17). The van der Waals surface area contributed by atoms with Crippen LogP contribution in [-0.2, 0) is 16.0 Å². The lowest BCUT2D eigenvalue weighted by Gasteiger charge is -2.26. The zero-order chi connectivity index (χ0) is 13.9. The Morgan fingerprint density at radius 3 is 2.95 bits per heavy atom. The van der Waals surface area contributed by atoms with Crippen molar-refractivity contribution >= 4 is 11.6 Å². The molecular formula is C14H20N2O3. The van der Waals surface area contributed by atoms with Crippen LogP contribution < -0.4 is 11.1 Å². The molecule has 0 radical (unpaired) electrons. The summed E-state index contributed by atoms with van der Waals surface area (Å²) >= 11 is 0. The fourth-order valence-corrected chi connectivity index (χ4v) is 2.19. The summed E-state index contributed by atoms with van der Waals surface area (Å²) < 4.78 is 5.32. The highest BCUT2D eigenvalue weighted by Gasteiger charge is 2.39. The third kappa shape index (κ3) is 3.24. The van der Waals surface area contributed by atoms with E-state index in [9.17, 15) is 9.90 Å². The molecule has 5 heteroatoms. The number of hydrogen-bond donors (Lipinski definition) is 3. The number of nitrogens with one attached hydrogen (secondary N) is 1. The van der Waals surface area contributed by atoms with E-state index in [4.69, 9.17) is 10.5 Å². The van der Waals surface area contributed by atoms with Crippen molar-refractivity contribution in [1.82, 2.24) is 5.32 Å². The molecule has 104 valence electrons. The van der Waals surface area contributed by atoms with Crippen LogP contribution in [0.25, 0.3) is 0 Å². The summed E-state index contributed by atoms with van der Waals surface area (Å²) in [6, 6.07) is 7.27. The molecule has 0 spiro atoms. The van der Waals surface area contributed by atoms with Gasteiger partial charge >= 0.3 is 0 Å². The SMILES string of the molecule is CC1OCCC1(O)CNC(=O)Cc1ccccc1N. The average Bonchev–Trinajstić information content (AvgIpc) is 2.71. The molecular weight excluding hydrogens is 244 g/mol. The second kappa shape index (κ2) is 5.59. The molecule has 1 heterocycles. The van der Waals surface area contributed by atoms with Crippen molar-refractivity contribution in [2.45, 2.75) is 31.5 Å². The molecule has 1 aromatic carbocycles. The topological polar surface area (TPSA) is 84.6 Å². The number of carbonyl (C=O) groups is 1. The van der Waals surface area contributed by atoms with Gasteiger partial charge in [0.05, 0.1) is 12.5 Å². The number of ether oxygens (including phenoxy) is 1. The van der Waals surface area contributed by atoms with Gasteiger partial charge in [-0.3, -0.25) is 4.79 Å². The second-order valence-corrected chi connectivity index (χ2v) is 5.02. The van der Waals surface area contributed by atoms with Crippen molar-refractivity contribution in [3.8, 4) is 0 Å². The van der Waals surface area contributed by atoms with Gasteiger partial charge in [-0.1, -0.05) is 18.2 Å². The smallest absolute Gasteiger partial charge is 0.224 e. The monoisotopic (exact) mass is 264 g/mol. The number of carbonyl (C=O) groups excluding carboxylic acids is 1. The summed E-state index contributed by atoms with van der Waals surface area (Å²) in [5, 5.41) is 13.0. The Kier molecular flexibility index (Phi) is 4.07. The van der Waals surface area contributed by atoms with Gasteiger partial charge in [-0.2, -0.15) is 0 Å². The molecule has 1 amide bonds. The van der Waals surface area contributed by atoms with Crippen LogP contribution in [0.3, 0.4) is 0 Å². The molecule has 4 N–H and O–H groups in total. The first kappa shape index (κ1) is 13.8. The Labute approximate surface area is 112 Å². The van der Waals surface area contributed by atoms with E-state index in [1.54, 1.807) is 6.07 Å². The normalized spacial score (nSPS) is 26.3. The molecule has 1 aliphatic rings. The first-order valence-electron chi connectivity index (χ1n) is 6.45. The van der Waals surface area contributed by atoms with Crippen LogP contribution in [0.4, 0.5) is 5.69 Å². The zero-order valence-corrected chi connectivity index (χ0v) is 11.1. The van der Waals surface area contributed by atoms with Crippen molar-refractivity contribution in [3.63, 3.8) is 0 Å². The quantitative estimate of drug-likeness (QED) is 0.690.